The van der Waals surface area contributed by atoms with E-state index in [1.165, 1.54) is 0 Å². The molecule has 0 saturated carbocycles. The molecule has 0 spiro atoms. The molecule has 1 rings (SSSR count). The number of nitrogens with two attached hydrogens (primary N) is 1. The van der Waals surface area contributed by atoms with E-state index in [2.05, 4.69) is 0 Å². The average Bonchev–Trinajstić information content (AvgIpc) is 2.18. The van der Waals surface area contributed by atoms with Crippen molar-refractivity contribution in [2.24, 2.45) is 0 Å². The van der Waals surface area contributed by atoms with Gasteiger partial charge in [-0.05, 0) is 17.7 Å². The first-order valence-electron chi connectivity index (χ1n) is 4.80. The highest BCUT2D eigenvalue weighted by Gasteiger charge is 2.27. The molecule has 2 nitrogen and oxygen atoms in total. The molecule has 16 heavy (non-hydrogen) atoms. The van der Waals surface area contributed by atoms with Crippen LogP contribution < -0.4 is 5.73 Å². The molecule has 0 saturated heterocycles. The van der Waals surface area contributed by atoms with Gasteiger partial charge in [0.15, 0.2) is 0 Å². The normalized spacial score (nSPS) is 11.4. The molecule has 1 aromatic rings. The zero-order chi connectivity index (χ0) is 12.2. The van der Waals surface area contributed by atoms with Gasteiger partial charge in [-0.25, -0.2) is 0 Å². The van der Waals surface area contributed by atoms with Gasteiger partial charge in [-0.1, -0.05) is 12.1 Å². The highest BCUT2D eigenvalue weighted by atomic mass is 19.4. The van der Waals surface area contributed by atoms with Crippen LogP contribution in [0.5, 0.6) is 0 Å². The number of halogens is 3. The molecule has 0 bridgehead atoms. The van der Waals surface area contributed by atoms with Crippen LogP contribution in [0.25, 0.3) is 0 Å². The van der Waals surface area contributed by atoms with E-state index in [0.717, 1.165) is 0 Å². The molecule has 0 radical (unpaired) electrons. The predicted octanol–water partition coefficient (Wildman–Crippen LogP) is 2.72. The first-order chi connectivity index (χ1) is 7.37. The number of ketones is 1. The van der Waals surface area contributed by atoms with E-state index in [1.807, 2.05) is 0 Å². The van der Waals surface area contributed by atoms with Crippen molar-refractivity contribution in [3.8, 4) is 0 Å². The smallest absolute Gasteiger partial charge is 0.389 e. The summed E-state index contributed by atoms with van der Waals surface area (Å²) in [5.41, 5.74) is 6.68. The highest BCUT2D eigenvalue weighted by molar-refractivity contribution is 5.80. The fourth-order valence-corrected chi connectivity index (χ4v) is 1.23. The molecular weight excluding hydrogens is 219 g/mol. The van der Waals surface area contributed by atoms with Crippen LogP contribution in [0.1, 0.15) is 18.4 Å². The maximum atomic E-state index is 11.8. The molecule has 0 aliphatic rings. The average molecular weight is 231 g/mol. The fraction of sp³-hybridized carbons (Fsp3) is 0.364. The number of Topliss-reactive ketones (excluding diaryl/α,β-unsaturated/α-hetero) is 1. The topological polar surface area (TPSA) is 43.1 Å². The minimum Gasteiger partial charge on any atom is -0.399 e. The maximum Gasteiger partial charge on any atom is 0.389 e. The van der Waals surface area contributed by atoms with Crippen molar-refractivity contribution in [1.82, 2.24) is 0 Å². The van der Waals surface area contributed by atoms with Crippen molar-refractivity contribution < 1.29 is 18.0 Å². The Morgan fingerprint density at radius 3 is 2.25 bits per heavy atom. The first-order valence-corrected chi connectivity index (χ1v) is 4.80. The van der Waals surface area contributed by atoms with Gasteiger partial charge >= 0.3 is 6.18 Å². The molecule has 88 valence electrons. The molecule has 0 unspecified atom stereocenters. The van der Waals surface area contributed by atoms with Crippen LogP contribution in [-0.2, 0) is 11.2 Å². The number of hydrogen-bond donors (Lipinski definition) is 1. The Hall–Kier alpha value is -1.52. The summed E-state index contributed by atoms with van der Waals surface area (Å²) >= 11 is 0. The van der Waals surface area contributed by atoms with E-state index in [9.17, 15) is 18.0 Å². The van der Waals surface area contributed by atoms with Gasteiger partial charge in [-0.15, -0.1) is 0 Å². The first kappa shape index (κ1) is 12.5. The van der Waals surface area contributed by atoms with Crippen LogP contribution in [0, 0.1) is 0 Å². The molecule has 0 amide bonds. The number of nitrogen functional groups attached to an aromatic ring is 1. The van der Waals surface area contributed by atoms with Crippen molar-refractivity contribution in [3.63, 3.8) is 0 Å². The summed E-state index contributed by atoms with van der Waals surface area (Å²) in [7, 11) is 0. The highest BCUT2D eigenvalue weighted by Crippen LogP contribution is 2.21. The Morgan fingerprint density at radius 1 is 1.19 bits per heavy atom. The van der Waals surface area contributed by atoms with Gasteiger partial charge < -0.3 is 5.73 Å². The second kappa shape index (κ2) is 5.01. The monoisotopic (exact) mass is 231 g/mol. The second-order valence-corrected chi connectivity index (χ2v) is 3.57. The summed E-state index contributed by atoms with van der Waals surface area (Å²) in [6.07, 6.45) is -5.76. The quantitative estimate of drug-likeness (QED) is 0.809. The Balaban J connectivity index is 2.43. The summed E-state index contributed by atoms with van der Waals surface area (Å²) < 4.78 is 35.5. The molecule has 2 N–H and O–H groups in total. The third-order valence-electron chi connectivity index (χ3n) is 2.07. The van der Waals surface area contributed by atoms with Crippen molar-refractivity contribution in [2.45, 2.75) is 25.4 Å². The Labute approximate surface area is 91.3 Å². The molecule has 5 heteroatoms. The molecule has 0 fully saturated rings. The van der Waals surface area contributed by atoms with Crippen molar-refractivity contribution in [1.29, 1.82) is 0 Å². The van der Waals surface area contributed by atoms with Gasteiger partial charge in [-0.3, -0.25) is 4.79 Å². The van der Waals surface area contributed by atoms with Gasteiger partial charge in [0.1, 0.15) is 5.78 Å². The lowest BCUT2D eigenvalue weighted by molar-refractivity contribution is -0.143. The summed E-state index contributed by atoms with van der Waals surface area (Å²) in [4.78, 5) is 11.2. The van der Waals surface area contributed by atoms with E-state index in [1.54, 1.807) is 24.3 Å². The van der Waals surface area contributed by atoms with Crippen molar-refractivity contribution >= 4 is 11.5 Å². The molecule has 1 aromatic carbocycles. The zero-order valence-electron chi connectivity index (χ0n) is 8.55. The lowest BCUT2D eigenvalue weighted by atomic mass is 10.1. The minimum absolute atomic E-state index is 0.0242. The van der Waals surface area contributed by atoms with Crippen LogP contribution in [-0.4, -0.2) is 12.0 Å². The van der Waals surface area contributed by atoms with Gasteiger partial charge in [0.25, 0.3) is 0 Å². The van der Waals surface area contributed by atoms with Gasteiger partial charge in [0.05, 0.1) is 6.42 Å². The Kier molecular flexibility index (Phi) is 3.93. The number of hydrogen-bond acceptors (Lipinski definition) is 2. The molecule has 0 aliphatic heterocycles. The van der Waals surface area contributed by atoms with E-state index in [-0.39, 0.29) is 6.42 Å². The summed E-state index contributed by atoms with van der Waals surface area (Å²) in [5, 5.41) is 0. The van der Waals surface area contributed by atoms with Crippen LogP contribution in [0.15, 0.2) is 24.3 Å². The van der Waals surface area contributed by atoms with Crippen LogP contribution in [0.3, 0.4) is 0 Å². The predicted molar refractivity (Wildman–Crippen MR) is 54.9 cm³/mol. The van der Waals surface area contributed by atoms with Gasteiger partial charge in [0.2, 0.25) is 0 Å². The van der Waals surface area contributed by atoms with Crippen molar-refractivity contribution in [2.75, 3.05) is 5.73 Å². The molecule has 0 atom stereocenters. The van der Waals surface area contributed by atoms with Gasteiger partial charge in [-0.2, -0.15) is 13.2 Å². The Bertz CT molecular complexity index is 356. The third-order valence-corrected chi connectivity index (χ3v) is 2.07. The molecule has 0 aliphatic carbocycles. The fourth-order valence-electron chi connectivity index (χ4n) is 1.23. The van der Waals surface area contributed by atoms with E-state index in [4.69, 9.17) is 5.73 Å². The zero-order valence-corrected chi connectivity index (χ0v) is 8.55. The second-order valence-electron chi connectivity index (χ2n) is 3.57. The van der Waals surface area contributed by atoms with Crippen LogP contribution in [0.4, 0.5) is 18.9 Å². The molecule has 0 aromatic heterocycles. The number of anilines is 1. The molecule has 0 heterocycles. The standard InChI is InChI=1S/C11H12F3NO/c12-11(13,14)6-5-10(16)7-8-1-3-9(15)4-2-8/h1-4H,5-7,15H2. The third kappa shape index (κ3) is 4.82. The van der Waals surface area contributed by atoms with E-state index >= 15 is 0 Å². The lowest BCUT2D eigenvalue weighted by Crippen LogP contribution is -2.12. The number of benzene rings is 1. The van der Waals surface area contributed by atoms with E-state index in [0.29, 0.717) is 11.3 Å². The minimum atomic E-state index is -4.27. The lowest BCUT2D eigenvalue weighted by Gasteiger charge is -2.05. The van der Waals surface area contributed by atoms with Crippen LogP contribution >= 0.6 is 0 Å². The summed E-state index contributed by atoms with van der Waals surface area (Å²) in [6, 6.07) is 6.51. The number of rotatable bonds is 4. The summed E-state index contributed by atoms with van der Waals surface area (Å²) in [6.45, 7) is 0. The SMILES string of the molecule is Nc1ccc(CC(=O)CCC(F)(F)F)cc1. The Morgan fingerprint density at radius 2 is 1.75 bits per heavy atom. The number of alkyl halides is 3. The molecular formula is C11H12F3NO. The van der Waals surface area contributed by atoms with Gasteiger partial charge in [0, 0.05) is 18.5 Å². The van der Waals surface area contributed by atoms with E-state index < -0.39 is 24.8 Å². The summed E-state index contributed by atoms with van der Waals surface area (Å²) in [5.74, 6) is -0.415. The number of carbonyl (C=O) groups is 1. The maximum absolute atomic E-state index is 11.8. The largest absolute Gasteiger partial charge is 0.399 e. The number of carbonyl (C=O) groups excluding carboxylic acids is 1. The van der Waals surface area contributed by atoms with Crippen LogP contribution in [0.2, 0.25) is 0 Å². The van der Waals surface area contributed by atoms with Crippen molar-refractivity contribution in [3.05, 3.63) is 29.8 Å².